The number of alkyl halides is 1. The van der Waals surface area contributed by atoms with Gasteiger partial charge >= 0.3 is 0 Å². The van der Waals surface area contributed by atoms with Gasteiger partial charge in [-0.15, -0.1) is 4.67 Å². The molecule has 1 heterocycles. The Labute approximate surface area is 134 Å². The Morgan fingerprint density at radius 2 is 2.00 bits per heavy atom. The summed E-state index contributed by atoms with van der Waals surface area (Å²) < 4.78 is 8.50. The fraction of sp³-hybridized carbons (Fsp3) is 1.00. The Balaban J connectivity index is 2.05. The van der Waals surface area contributed by atoms with E-state index in [2.05, 4.69) is 39.3 Å². The lowest BCUT2D eigenvalue weighted by molar-refractivity contribution is -0.206. The van der Waals surface area contributed by atoms with Gasteiger partial charge in [-0.2, -0.15) is 0 Å². The summed E-state index contributed by atoms with van der Waals surface area (Å²) in [6.07, 6.45) is 3.16. The minimum absolute atomic E-state index is 0.0762. The first-order valence-electron chi connectivity index (χ1n) is 8.32. The average molecular weight is 334 g/mol. The largest absolute Gasteiger partial charge is 0.640 e. The number of halogens is 1. The van der Waals surface area contributed by atoms with E-state index in [1.165, 1.54) is 12.8 Å². The molecule has 3 aliphatic rings. The van der Waals surface area contributed by atoms with E-state index in [9.17, 15) is 4.89 Å². The minimum Gasteiger partial charge on any atom is -0.640 e. The first-order chi connectivity index (χ1) is 9.61. The van der Waals surface area contributed by atoms with E-state index in [0.29, 0.717) is 12.3 Å². The third-order valence-corrected chi connectivity index (χ3v) is 10.9. The maximum atomic E-state index is 13.6. The highest BCUT2D eigenvalue weighted by Crippen LogP contribution is 2.79. The molecule has 2 saturated carbocycles. The van der Waals surface area contributed by atoms with Crippen LogP contribution in [0.5, 0.6) is 0 Å². The molecule has 5 heteroatoms. The number of hydrogen-bond acceptors (Lipinski definition) is 3. The Hall–Kier alpha value is 0.600. The van der Waals surface area contributed by atoms with Crippen LogP contribution in [0, 0.1) is 16.7 Å². The van der Waals surface area contributed by atoms with Gasteiger partial charge in [-0.1, -0.05) is 39.3 Å². The van der Waals surface area contributed by atoms with E-state index in [-0.39, 0.29) is 29.0 Å². The molecule has 3 nitrogen and oxygen atoms in total. The lowest BCUT2D eigenvalue weighted by atomic mass is 9.70. The van der Waals surface area contributed by atoms with Crippen molar-refractivity contribution in [2.75, 3.05) is 0 Å². The first-order valence-corrected chi connectivity index (χ1v) is 10.4. The van der Waals surface area contributed by atoms with Crippen molar-refractivity contribution in [2.24, 2.45) is 16.7 Å². The molecule has 0 N–H and O–H groups in total. The van der Waals surface area contributed by atoms with Gasteiger partial charge in [-0.25, -0.2) is 4.52 Å². The second kappa shape index (κ2) is 4.80. The summed E-state index contributed by atoms with van der Waals surface area (Å²) in [4.78, 5) is 13.6. The van der Waals surface area contributed by atoms with Crippen molar-refractivity contribution >= 4 is 19.5 Å². The van der Waals surface area contributed by atoms with Gasteiger partial charge in [0.25, 0.3) is 0 Å². The summed E-state index contributed by atoms with van der Waals surface area (Å²) in [5.41, 5.74) is 0.362. The van der Waals surface area contributed by atoms with E-state index in [1.807, 2.05) is 6.92 Å². The van der Waals surface area contributed by atoms with Crippen LogP contribution in [0.25, 0.3) is 0 Å². The zero-order valence-electron chi connectivity index (χ0n) is 14.1. The van der Waals surface area contributed by atoms with Crippen LogP contribution in [-0.4, -0.2) is 28.0 Å². The molecule has 6 atom stereocenters. The van der Waals surface area contributed by atoms with Crippen molar-refractivity contribution in [3.8, 4) is 0 Å². The molecule has 0 aromatic carbocycles. The van der Waals surface area contributed by atoms with Gasteiger partial charge < -0.3 is 4.89 Å². The molecule has 2 bridgehead atoms. The summed E-state index contributed by atoms with van der Waals surface area (Å²) in [7, 11) is -2.94. The van der Waals surface area contributed by atoms with Gasteiger partial charge in [0.15, 0.2) is 13.0 Å². The van der Waals surface area contributed by atoms with Crippen LogP contribution in [0.3, 0.4) is 0 Å². The van der Waals surface area contributed by atoms with E-state index in [1.54, 1.807) is 0 Å². The molecule has 1 unspecified atom stereocenters. The van der Waals surface area contributed by atoms with Crippen LogP contribution in [0.1, 0.15) is 60.8 Å². The molecule has 1 saturated heterocycles. The fourth-order valence-corrected chi connectivity index (χ4v) is 8.68. The molecule has 1 aliphatic heterocycles. The van der Waals surface area contributed by atoms with Gasteiger partial charge in [-0.05, 0) is 44.4 Å². The van der Waals surface area contributed by atoms with Crippen LogP contribution in [0.2, 0.25) is 0 Å². The molecule has 3 rings (SSSR count). The summed E-state index contributed by atoms with van der Waals surface area (Å²) in [5, 5.41) is -0.392. The summed E-state index contributed by atoms with van der Waals surface area (Å²) >= 11 is 6.47. The van der Waals surface area contributed by atoms with Crippen molar-refractivity contribution in [2.45, 2.75) is 84.1 Å². The fourth-order valence-electron chi connectivity index (χ4n) is 5.27. The smallest absolute Gasteiger partial charge is 0.192 e. The monoisotopic (exact) mass is 333 g/mol. The molecule has 21 heavy (non-hydrogen) atoms. The standard InChI is InChI=1S/C16H29ClNO2P/c1-7-12(17)21(19)18(10(2)3)13-11-8-9-16(6,14(13)20-21)15(11,4)5/h10-14H,7-9H2,1-6H3/t11-,12+,13-,14-,16+,21?/m1/s1. The second-order valence-electron chi connectivity index (χ2n) is 8.18. The van der Waals surface area contributed by atoms with Crippen LogP contribution in [0.15, 0.2) is 0 Å². The lowest BCUT2D eigenvalue weighted by Gasteiger charge is -2.43. The summed E-state index contributed by atoms with van der Waals surface area (Å²) in [6, 6.07) is 0.481. The van der Waals surface area contributed by atoms with Crippen LogP contribution < -0.4 is 4.89 Å². The Morgan fingerprint density at radius 3 is 2.52 bits per heavy atom. The lowest BCUT2D eigenvalue weighted by Crippen LogP contribution is -2.46. The molecule has 0 aromatic rings. The summed E-state index contributed by atoms with van der Waals surface area (Å²) in [5.74, 6) is 0.562. The third kappa shape index (κ3) is 1.82. The Kier molecular flexibility index (Phi) is 3.76. The predicted molar refractivity (Wildman–Crippen MR) is 87.1 cm³/mol. The summed E-state index contributed by atoms with van der Waals surface area (Å²) in [6.45, 7) is 13.3. The van der Waals surface area contributed by atoms with Gasteiger partial charge in [0.2, 0.25) is 0 Å². The topological polar surface area (TPSA) is 35.5 Å². The van der Waals surface area contributed by atoms with Crippen molar-refractivity contribution in [1.82, 2.24) is 4.67 Å². The zero-order chi connectivity index (χ0) is 15.8. The highest BCUT2D eigenvalue weighted by atomic mass is 35.5. The van der Waals surface area contributed by atoms with Crippen molar-refractivity contribution in [3.05, 3.63) is 0 Å². The molecule has 0 amide bonds. The van der Waals surface area contributed by atoms with Crippen molar-refractivity contribution < 1.29 is 9.42 Å². The molecule has 0 aromatic heterocycles. The zero-order valence-corrected chi connectivity index (χ0v) is 15.7. The minimum atomic E-state index is -2.94. The third-order valence-electron chi connectivity index (χ3n) is 6.84. The molecule has 0 spiro atoms. The van der Waals surface area contributed by atoms with E-state index < -0.39 is 13.0 Å². The van der Waals surface area contributed by atoms with Crippen molar-refractivity contribution in [3.63, 3.8) is 0 Å². The molecule has 0 radical (unpaired) electrons. The molecular weight excluding hydrogens is 305 g/mol. The van der Waals surface area contributed by atoms with E-state index in [0.717, 1.165) is 0 Å². The van der Waals surface area contributed by atoms with Gasteiger partial charge in [0.1, 0.15) is 6.10 Å². The van der Waals surface area contributed by atoms with E-state index >= 15 is 0 Å². The van der Waals surface area contributed by atoms with Gasteiger partial charge in [0.05, 0.1) is 6.04 Å². The maximum Gasteiger partial charge on any atom is 0.192 e. The van der Waals surface area contributed by atoms with Crippen LogP contribution >= 0.6 is 19.5 Å². The van der Waals surface area contributed by atoms with Gasteiger partial charge in [0, 0.05) is 11.5 Å². The van der Waals surface area contributed by atoms with E-state index in [4.69, 9.17) is 16.1 Å². The quantitative estimate of drug-likeness (QED) is 0.578. The normalized spacial score (nSPS) is 49.9. The van der Waals surface area contributed by atoms with Gasteiger partial charge in [-0.3, -0.25) is 0 Å². The van der Waals surface area contributed by atoms with Crippen molar-refractivity contribution in [1.29, 1.82) is 0 Å². The first kappa shape index (κ1) is 16.5. The Bertz CT molecular complexity index is 446. The second-order valence-corrected chi connectivity index (χ2v) is 11.4. The number of rotatable bonds is 3. The predicted octanol–water partition coefficient (Wildman–Crippen LogP) is 4.02. The number of fused-ring (bicyclic) bond motifs is 5. The molecule has 2 aliphatic carbocycles. The maximum absolute atomic E-state index is 13.6. The molecule has 3 fully saturated rings. The molecule has 122 valence electrons. The average Bonchev–Trinajstić information content (AvgIpc) is 2.88. The number of hydrogen-bond donors (Lipinski definition) is 0. The van der Waals surface area contributed by atoms with Crippen LogP contribution in [0.4, 0.5) is 0 Å². The molecular formula is C16H29ClNO2P. The number of nitrogens with zero attached hydrogens (tertiary/aromatic N) is 1. The SMILES string of the molecule is CC[C@@H](Cl)[P+]1([O-])O[C@@H]2[C@@H]([C@H]3CC[C@]2(C)C3(C)C)N1C(C)C. The highest BCUT2D eigenvalue weighted by molar-refractivity contribution is 7.64. The van der Waals surface area contributed by atoms with Crippen LogP contribution in [-0.2, 0) is 4.52 Å². The Morgan fingerprint density at radius 1 is 1.38 bits per heavy atom. The highest BCUT2D eigenvalue weighted by Gasteiger charge is 2.76.